The maximum absolute atomic E-state index is 11.7. The van der Waals surface area contributed by atoms with E-state index in [-0.39, 0.29) is 11.9 Å². The molecule has 1 rings (SSSR count). The van der Waals surface area contributed by atoms with Crippen LogP contribution in [0, 0.1) is 12.3 Å². The van der Waals surface area contributed by atoms with Gasteiger partial charge in [0.15, 0.2) is 0 Å². The van der Waals surface area contributed by atoms with E-state index in [2.05, 4.69) is 11.2 Å². The molecule has 1 aromatic heterocycles. The molecule has 0 saturated carbocycles. The highest BCUT2D eigenvalue weighted by atomic mass is 35.5. The molecular formula is C11H13ClN2O. The van der Waals surface area contributed by atoms with E-state index < -0.39 is 0 Å². The van der Waals surface area contributed by atoms with Crippen LogP contribution in [0.15, 0.2) is 12.3 Å². The Bertz CT molecular complexity index is 403. The number of nitrogens with zero attached hydrogens (tertiary/aromatic N) is 1. The zero-order valence-electron chi connectivity index (χ0n) is 8.75. The number of terminal acetylenes is 1. The zero-order chi connectivity index (χ0) is 11.4. The Morgan fingerprint density at radius 2 is 2.47 bits per heavy atom. The SMILES string of the molecule is C#CC(C)NC(=O)c1cc(Cl)cn1CC. The predicted octanol–water partition coefficient (Wildman–Crippen LogP) is 1.91. The summed E-state index contributed by atoms with van der Waals surface area (Å²) in [4.78, 5) is 11.7. The monoisotopic (exact) mass is 224 g/mol. The first-order chi connectivity index (χ1) is 7.08. The van der Waals surface area contributed by atoms with Gasteiger partial charge in [-0.3, -0.25) is 4.79 Å². The molecule has 80 valence electrons. The van der Waals surface area contributed by atoms with E-state index >= 15 is 0 Å². The van der Waals surface area contributed by atoms with Crippen molar-refractivity contribution in [3.05, 3.63) is 23.0 Å². The summed E-state index contributed by atoms with van der Waals surface area (Å²) in [6.45, 7) is 4.39. The van der Waals surface area contributed by atoms with Crippen molar-refractivity contribution in [3.8, 4) is 12.3 Å². The summed E-state index contributed by atoms with van der Waals surface area (Å²) in [6.07, 6.45) is 6.90. The quantitative estimate of drug-likeness (QED) is 0.782. The molecule has 0 bridgehead atoms. The van der Waals surface area contributed by atoms with Crippen LogP contribution in [-0.4, -0.2) is 16.5 Å². The summed E-state index contributed by atoms with van der Waals surface area (Å²) in [6, 6.07) is 1.35. The second kappa shape index (κ2) is 4.90. The molecule has 4 heteroatoms. The number of rotatable bonds is 3. The largest absolute Gasteiger partial charge is 0.342 e. The molecule has 3 nitrogen and oxygen atoms in total. The lowest BCUT2D eigenvalue weighted by Crippen LogP contribution is -2.32. The summed E-state index contributed by atoms with van der Waals surface area (Å²) in [5, 5.41) is 3.23. The van der Waals surface area contributed by atoms with Crippen LogP contribution in [0.1, 0.15) is 24.3 Å². The number of halogens is 1. The Morgan fingerprint density at radius 3 is 3.00 bits per heavy atom. The molecule has 0 aliphatic rings. The molecule has 1 heterocycles. The third kappa shape index (κ3) is 2.77. The topological polar surface area (TPSA) is 34.0 Å². The van der Waals surface area contributed by atoms with Gasteiger partial charge in [-0.1, -0.05) is 17.5 Å². The molecule has 0 aliphatic carbocycles. The Morgan fingerprint density at radius 1 is 1.80 bits per heavy atom. The van der Waals surface area contributed by atoms with E-state index in [0.29, 0.717) is 17.3 Å². The fourth-order valence-corrected chi connectivity index (χ4v) is 1.46. The molecule has 1 unspecified atom stereocenters. The van der Waals surface area contributed by atoms with Crippen molar-refractivity contribution < 1.29 is 4.79 Å². The minimum atomic E-state index is -0.281. The maximum atomic E-state index is 11.7. The number of aryl methyl sites for hydroxylation is 1. The molecule has 1 aromatic rings. The number of hydrogen-bond donors (Lipinski definition) is 1. The number of carbonyl (C=O) groups excluding carboxylic acids is 1. The fourth-order valence-electron chi connectivity index (χ4n) is 1.24. The summed E-state index contributed by atoms with van der Waals surface area (Å²) in [5.74, 6) is 2.24. The summed E-state index contributed by atoms with van der Waals surface area (Å²) in [7, 11) is 0. The van der Waals surface area contributed by atoms with Gasteiger partial charge < -0.3 is 9.88 Å². The fraction of sp³-hybridized carbons (Fsp3) is 0.364. The van der Waals surface area contributed by atoms with E-state index in [1.54, 1.807) is 23.8 Å². The molecule has 0 fully saturated rings. The predicted molar refractivity (Wildman–Crippen MR) is 60.9 cm³/mol. The first-order valence-electron chi connectivity index (χ1n) is 4.71. The van der Waals surface area contributed by atoms with Gasteiger partial charge in [0.1, 0.15) is 5.69 Å². The van der Waals surface area contributed by atoms with Gasteiger partial charge in [-0.05, 0) is 19.9 Å². The van der Waals surface area contributed by atoms with Gasteiger partial charge >= 0.3 is 0 Å². The molecule has 0 aromatic carbocycles. The van der Waals surface area contributed by atoms with Gasteiger partial charge in [0, 0.05) is 12.7 Å². The highest BCUT2D eigenvalue weighted by molar-refractivity contribution is 6.31. The van der Waals surface area contributed by atoms with Gasteiger partial charge in [-0.15, -0.1) is 6.42 Å². The van der Waals surface area contributed by atoms with Crippen molar-refractivity contribution in [2.24, 2.45) is 0 Å². The number of nitrogens with one attached hydrogen (secondary N) is 1. The number of hydrogen-bond acceptors (Lipinski definition) is 1. The first kappa shape index (κ1) is 11.7. The van der Waals surface area contributed by atoms with Crippen molar-refractivity contribution in [1.29, 1.82) is 0 Å². The normalized spacial score (nSPS) is 11.9. The van der Waals surface area contributed by atoms with Gasteiger partial charge in [0.05, 0.1) is 11.1 Å². The van der Waals surface area contributed by atoms with Crippen LogP contribution in [0.2, 0.25) is 5.02 Å². The lowest BCUT2D eigenvalue weighted by molar-refractivity contribution is 0.0939. The smallest absolute Gasteiger partial charge is 0.268 e. The second-order valence-corrected chi connectivity index (χ2v) is 3.63. The molecule has 0 spiro atoms. The molecule has 1 N–H and O–H groups in total. The zero-order valence-corrected chi connectivity index (χ0v) is 9.51. The molecule has 15 heavy (non-hydrogen) atoms. The first-order valence-corrected chi connectivity index (χ1v) is 5.09. The van der Waals surface area contributed by atoms with Crippen molar-refractivity contribution >= 4 is 17.5 Å². The number of carbonyl (C=O) groups is 1. The maximum Gasteiger partial charge on any atom is 0.268 e. The van der Waals surface area contributed by atoms with Gasteiger partial charge in [0.2, 0.25) is 0 Å². The Kier molecular flexibility index (Phi) is 3.81. The molecule has 1 amide bonds. The lowest BCUT2D eigenvalue weighted by atomic mass is 10.3. The van der Waals surface area contributed by atoms with Crippen molar-refractivity contribution in [2.45, 2.75) is 26.4 Å². The van der Waals surface area contributed by atoms with Gasteiger partial charge in [-0.25, -0.2) is 0 Å². The Labute approximate surface area is 94.4 Å². The Hall–Kier alpha value is -1.40. The summed E-state index contributed by atoms with van der Waals surface area (Å²) < 4.78 is 1.78. The van der Waals surface area contributed by atoms with Gasteiger partial charge in [0.25, 0.3) is 5.91 Å². The van der Waals surface area contributed by atoms with E-state index in [1.165, 1.54) is 0 Å². The van der Waals surface area contributed by atoms with Crippen LogP contribution in [-0.2, 0) is 6.54 Å². The minimum Gasteiger partial charge on any atom is -0.342 e. The van der Waals surface area contributed by atoms with Gasteiger partial charge in [-0.2, -0.15) is 0 Å². The molecule has 1 atom stereocenters. The summed E-state index contributed by atoms with van der Waals surface area (Å²) in [5.41, 5.74) is 0.532. The second-order valence-electron chi connectivity index (χ2n) is 3.19. The third-order valence-corrected chi connectivity index (χ3v) is 2.24. The molecule has 0 saturated heterocycles. The minimum absolute atomic E-state index is 0.200. The average molecular weight is 225 g/mol. The van der Waals surface area contributed by atoms with E-state index in [0.717, 1.165) is 0 Å². The number of amides is 1. The van der Waals surface area contributed by atoms with E-state index in [9.17, 15) is 4.79 Å². The molecule has 0 radical (unpaired) electrons. The highest BCUT2D eigenvalue weighted by Gasteiger charge is 2.13. The highest BCUT2D eigenvalue weighted by Crippen LogP contribution is 2.14. The molecule has 0 aliphatic heterocycles. The van der Waals surface area contributed by atoms with Crippen molar-refractivity contribution in [1.82, 2.24) is 9.88 Å². The van der Waals surface area contributed by atoms with Crippen LogP contribution in [0.25, 0.3) is 0 Å². The van der Waals surface area contributed by atoms with Crippen molar-refractivity contribution in [3.63, 3.8) is 0 Å². The standard InChI is InChI=1S/C11H13ClN2O/c1-4-8(3)13-11(15)10-6-9(12)7-14(10)5-2/h1,6-8H,5H2,2-3H3,(H,13,15). The van der Waals surface area contributed by atoms with Crippen LogP contribution in [0.5, 0.6) is 0 Å². The summed E-state index contributed by atoms with van der Waals surface area (Å²) >= 11 is 5.82. The van der Waals surface area contributed by atoms with Crippen LogP contribution in [0.4, 0.5) is 0 Å². The Balaban J connectivity index is 2.86. The van der Waals surface area contributed by atoms with Crippen LogP contribution in [0.3, 0.4) is 0 Å². The van der Waals surface area contributed by atoms with E-state index in [1.807, 2.05) is 6.92 Å². The van der Waals surface area contributed by atoms with Crippen LogP contribution < -0.4 is 5.32 Å². The molecular weight excluding hydrogens is 212 g/mol. The lowest BCUT2D eigenvalue weighted by Gasteiger charge is -2.09. The average Bonchev–Trinajstić information content (AvgIpc) is 2.59. The van der Waals surface area contributed by atoms with E-state index in [4.69, 9.17) is 18.0 Å². The number of aromatic nitrogens is 1. The third-order valence-electron chi connectivity index (χ3n) is 2.03. The van der Waals surface area contributed by atoms with Crippen LogP contribution >= 0.6 is 11.6 Å². The van der Waals surface area contributed by atoms with Crippen molar-refractivity contribution in [2.75, 3.05) is 0 Å².